The van der Waals surface area contributed by atoms with Crippen LogP contribution in [0.4, 0.5) is 0 Å². The molecule has 2 aliphatic rings. The van der Waals surface area contributed by atoms with Crippen LogP contribution >= 0.6 is 24.0 Å². The Bertz CT molecular complexity index is 660. The fraction of sp³-hybridized carbons (Fsp3) is 0.682. The lowest BCUT2D eigenvalue weighted by Gasteiger charge is -2.25. The maximum atomic E-state index is 6.20. The van der Waals surface area contributed by atoms with Crippen LogP contribution in [0.15, 0.2) is 23.2 Å². The summed E-state index contributed by atoms with van der Waals surface area (Å²) in [7, 11) is 2.22. The van der Waals surface area contributed by atoms with E-state index in [4.69, 9.17) is 14.5 Å². The third kappa shape index (κ3) is 7.61. The SMILES string of the molecule is CCNC(=NCc1ccc(C)cc1OC1CCOC1)NCC(C)N(C)C1CC1.I. The van der Waals surface area contributed by atoms with Crippen LogP contribution < -0.4 is 15.4 Å². The van der Waals surface area contributed by atoms with E-state index in [0.29, 0.717) is 19.2 Å². The molecule has 1 saturated carbocycles. The number of aliphatic imine (C=N–C) groups is 1. The predicted octanol–water partition coefficient (Wildman–Crippen LogP) is 3.32. The van der Waals surface area contributed by atoms with Crippen LogP contribution in [0.5, 0.6) is 5.75 Å². The molecule has 1 aliphatic heterocycles. The molecule has 1 heterocycles. The van der Waals surface area contributed by atoms with Crippen LogP contribution in [0.25, 0.3) is 0 Å². The maximum Gasteiger partial charge on any atom is 0.191 e. The summed E-state index contributed by atoms with van der Waals surface area (Å²) in [6.45, 7) is 10.2. The molecule has 0 bridgehead atoms. The second kappa shape index (κ2) is 12.0. The molecule has 1 aromatic rings. The van der Waals surface area contributed by atoms with E-state index in [1.54, 1.807) is 0 Å². The summed E-state index contributed by atoms with van der Waals surface area (Å²) in [6.07, 6.45) is 3.76. The highest BCUT2D eigenvalue weighted by Crippen LogP contribution is 2.27. The summed E-state index contributed by atoms with van der Waals surface area (Å²) < 4.78 is 11.6. The number of ether oxygens (including phenoxy) is 2. The molecule has 2 N–H and O–H groups in total. The molecule has 6 nitrogen and oxygen atoms in total. The quantitative estimate of drug-likeness (QED) is 0.300. The van der Waals surface area contributed by atoms with Gasteiger partial charge in [0, 0.05) is 37.2 Å². The lowest BCUT2D eigenvalue weighted by molar-refractivity contribution is 0.140. The largest absolute Gasteiger partial charge is 0.488 e. The first-order valence-electron chi connectivity index (χ1n) is 10.6. The number of hydrogen-bond acceptors (Lipinski definition) is 4. The van der Waals surface area contributed by atoms with Gasteiger partial charge >= 0.3 is 0 Å². The number of hydrogen-bond donors (Lipinski definition) is 2. The van der Waals surface area contributed by atoms with Crippen molar-refractivity contribution in [2.75, 3.05) is 33.4 Å². The summed E-state index contributed by atoms with van der Waals surface area (Å²) in [4.78, 5) is 7.27. The zero-order valence-corrected chi connectivity index (χ0v) is 20.6. The first-order chi connectivity index (χ1) is 13.6. The van der Waals surface area contributed by atoms with E-state index in [0.717, 1.165) is 49.4 Å². The molecule has 2 fully saturated rings. The molecule has 1 saturated heterocycles. The number of nitrogens with zero attached hydrogens (tertiary/aromatic N) is 2. The molecule has 0 spiro atoms. The Morgan fingerprint density at radius 1 is 1.31 bits per heavy atom. The number of aryl methyl sites for hydroxylation is 1. The summed E-state index contributed by atoms with van der Waals surface area (Å²) in [5, 5.41) is 6.85. The van der Waals surface area contributed by atoms with Crippen LogP contribution in [0.2, 0.25) is 0 Å². The normalized spacial score (nSPS) is 20.3. The molecule has 2 unspecified atom stereocenters. The number of nitrogens with one attached hydrogen (secondary N) is 2. The minimum Gasteiger partial charge on any atom is -0.488 e. The van der Waals surface area contributed by atoms with E-state index in [-0.39, 0.29) is 30.1 Å². The topological polar surface area (TPSA) is 58.1 Å². The highest BCUT2D eigenvalue weighted by atomic mass is 127. The highest BCUT2D eigenvalue weighted by Gasteiger charge is 2.29. The second-order valence-electron chi connectivity index (χ2n) is 8.04. The highest BCUT2D eigenvalue weighted by molar-refractivity contribution is 14.0. The van der Waals surface area contributed by atoms with E-state index >= 15 is 0 Å². The molecular formula is C22H37IN4O2. The molecule has 29 heavy (non-hydrogen) atoms. The van der Waals surface area contributed by atoms with Gasteiger partial charge in [-0.25, -0.2) is 4.99 Å². The van der Waals surface area contributed by atoms with Gasteiger partial charge in [0.15, 0.2) is 5.96 Å². The van der Waals surface area contributed by atoms with Crippen molar-refractivity contribution in [2.24, 2.45) is 4.99 Å². The van der Waals surface area contributed by atoms with Gasteiger partial charge in [0.25, 0.3) is 0 Å². The van der Waals surface area contributed by atoms with Gasteiger partial charge in [-0.1, -0.05) is 12.1 Å². The van der Waals surface area contributed by atoms with E-state index in [9.17, 15) is 0 Å². The van der Waals surface area contributed by atoms with Crippen molar-refractivity contribution in [3.05, 3.63) is 29.3 Å². The first kappa shape index (κ1) is 24.2. The maximum absolute atomic E-state index is 6.20. The third-order valence-electron chi connectivity index (χ3n) is 5.54. The van der Waals surface area contributed by atoms with Crippen molar-refractivity contribution in [1.29, 1.82) is 0 Å². The predicted molar refractivity (Wildman–Crippen MR) is 130 cm³/mol. The van der Waals surface area contributed by atoms with Crippen molar-refractivity contribution >= 4 is 29.9 Å². The van der Waals surface area contributed by atoms with Crippen molar-refractivity contribution in [3.8, 4) is 5.75 Å². The first-order valence-corrected chi connectivity index (χ1v) is 10.6. The molecule has 1 aromatic carbocycles. The lowest BCUT2D eigenvalue weighted by atomic mass is 10.1. The van der Waals surface area contributed by atoms with Gasteiger partial charge in [-0.05, 0) is 52.3 Å². The Morgan fingerprint density at radius 2 is 2.10 bits per heavy atom. The van der Waals surface area contributed by atoms with Gasteiger partial charge in [0.1, 0.15) is 11.9 Å². The number of rotatable bonds is 9. The van der Waals surface area contributed by atoms with Gasteiger partial charge in [0.05, 0.1) is 19.8 Å². The smallest absolute Gasteiger partial charge is 0.191 e. The van der Waals surface area contributed by atoms with Crippen molar-refractivity contribution < 1.29 is 9.47 Å². The standard InChI is InChI=1S/C22H36N4O2.HI/c1-5-23-22(24-13-17(3)26(4)19-8-9-19)25-14-18-7-6-16(2)12-21(18)28-20-10-11-27-15-20;/h6-7,12,17,19-20H,5,8-11,13-15H2,1-4H3,(H2,23,24,25);1H. The van der Waals surface area contributed by atoms with Gasteiger partial charge < -0.3 is 20.1 Å². The van der Waals surface area contributed by atoms with Crippen LogP contribution in [0.1, 0.15) is 44.2 Å². The Kier molecular flexibility index (Phi) is 9.98. The third-order valence-corrected chi connectivity index (χ3v) is 5.54. The van der Waals surface area contributed by atoms with Crippen molar-refractivity contribution in [1.82, 2.24) is 15.5 Å². The minimum atomic E-state index is 0. The fourth-order valence-corrected chi connectivity index (χ4v) is 3.42. The van der Waals surface area contributed by atoms with Gasteiger partial charge in [0.2, 0.25) is 0 Å². The van der Waals surface area contributed by atoms with Gasteiger partial charge in [-0.3, -0.25) is 4.90 Å². The fourth-order valence-electron chi connectivity index (χ4n) is 3.42. The monoisotopic (exact) mass is 516 g/mol. The Hall–Kier alpha value is -1.06. The Labute approximate surface area is 192 Å². The molecule has 2 atom stereocenters. The molecule has 164 valence electrons. The minimum absolute atomic E-state index is 0. The number of benzene rings is 1. The second-order valence-corrected chi connectivity index (χ2v) is 8.04. The molecule has 1 aliphatic carbocycles. The van der Waals surface area contributed by atoms with Crippen LogP contribution in [0.3, 0.4) is 0 Å². The summed E-state index contributed by atoms with van der Waals surface area (Å²) in [5.41, 5.74) is 2.31. The van der Waals surface area contributed by atoms with Crippen LogP contribution in [-0.4, -0.2) is 62.4 Å². The average molecular weight is 516 g/mol. The van der Waals surface area contributed by atoms with Crippen molar-refractivity contribution in [2.45, 2.75) is 64.8 Å². The molecule has 3 rings (SSSR count). The van der Waals surface area contributed by atoms with Gasteiger partial charge in [-0.2, -0.15) is 0 Å². The van der Waals surface area contributed by atoms with E-state index in [2.05, 4.69) is 61.6 Å². The Balaban J connectivity index is 0.00000300. The van der Waals surface area contributed by atoms with Gasteiger partial charge in [-0.15, -0.1) is 24.0 Å². The van der Waals surface area contributed by atoms with Crippen LogP contribution in [-0.2, 0) is 11.3 Å². The molecule has 0 radical (unpaired) electrons. The zero-order valence-electron chi connectivity index (χ0n) is 18.2. The van der Waals surface area contributed by atoms with E-state index in [1.165, 1.54) is 18.4 Å². The van der Waals surface area contributed by atoms with Crippen molar-refractivity contribution in [3.63, 3.8) is 0 Å². The molecular weight excluding hydrogens is 479 g/mol. The number of halogens is 1. The molecule has 0 aromatic heterocycles. The Morgan fingerprint density at radius 3 is 2.76 bits per heavy atom. The zero-order chi connectivity index (χ0) is 19.9. The molecule has 7 heteroatoms. The van der Waals surface area contributed by atoms with E-state index < -0.39 is 0 Å². The summed E-state index contributed by atoms with van der Waals surface area (Å²) in [5.74, 6) is 1.78. The molecule has 0 amide bonds. The summed E-state index contributed by atoms with van der Waals surface area (Å²) in [6, 6.07) is 7.60. The number of likely N-dealkylation sites (N-methyl/N-ethyl adjacent to an activating group) is 1. The average Bonchev–Trinajstić information content (AvgIpc) is 3.41. The summed E-state index contributed by atoms with van der Waals surface area (Å²) >= 11 is 0. The number of guanidine groups is 1. The van der Waals surface area contributed by atoms with Crippen LogP contribution in [0, 0.1) is 6.92 Å². The lowest BCUT2D eigenvalue weighted by Crippen LogP contribution is -2.45. The van der Waals surface area contributed by atoms with E-state index in [1.807, 2.05) is 0 Å².